The topological polar surface area (TPSA) is 50.5 Å². The molecular weight excluding hydrogens is 266 g/mol. The van der Waals surface area contributed by atoms with Crippen molar-refractivity contribution in [3.63, 3.8) is 0 Å². The van der Waals surface area contributed by atoms with Gasteiger partial charge in [-0.1, -0.05) is 0 Å². The van der Waals surface area contributed by atoms with Gasteiger partial charge in [0.1, 0.15) is 0 Å². The zero-order chi connectivity index (χ0) is 15.3. The summed E-state index contributed by atoms with van der Waals surface area (Å²) >= 11 is 0. The van der Waals surface area contributed by atoms with Crippen LogP contribution < -0.4 is 0 Å². The summed E-state index contributed by atoms with van der Waals surface area (Å²) in [7, 11) is 0. The number of rotatable bonds is 6. The molecule has 0 amide bonds. The van der Waals surface area contributed by atoms with Gasteiger partial charge in [0.25, 0.3) is 0 Å². The molecule has 1 saturated heterocycles. The van der Waals surface area contributed by atoms with E-state index < -0.39 is 0 Å². The smallest absolute Gasteiger partial charge is 0.0644 e. The molecule has 0 aliphatic carbocycles. The van der Waals surface area contributed by atoms with Gasteiger partial charge in [-0.15, -0.1) is 0 Å². The highest BCUT2D eigenvalue weighted by Gasteiger charge is 2.23. The van der Waals surface area contributed by atoms with E-state index in [0.29, 0.717) is 12.5 Å². The van der Waals surface area contributed by atoms with Crippen molar-refractivity contribution in [3.8, 4) is 0 Å². The molecule has 0 aromatic carbocycles. The number of piperidine rings is 1. The number of likely N-dealkylation sites (tertiary alicyclic amines) is 1. The molecule has 0 atom stereocenters. The molecule has 1 aliphatic heterocycles. The molecule has 0 saturated carbocycles. The molecule has 21 heavy (non-hydrogen) atoms. The van der Waals surface area contributed by atoms with E-state index in [9.17, 15) is 0 Å². The summed E-state index contributed by atoms with van der Waals surface area (Å²) in [5, 5.41) is 13.4. The van der Waals surface area contributed by atoms with Gasteiger partial charge in [0.15, 0.2) is 0 Å². The van der Waals surface area contributed by atoms with Crippen LogP contribution >= 0.6 is 0 Å². The van der Waals surface area contributed by atoms with Crippen molar-refractivity contribution in [1.29, 1.82) is 0 Å². The maximum Gasteiger partial charge on any atom is 0.0644 e. The van der Waals surface area contributed by atoms with Crippen molar-refractivity contribution in [2.75, 3.05) is 32.8 Å². The van der Waals surface area contributed by atoms with Crippen LogP contribution in [0.5, 0.6) is 0 Å². The summed E-state index contributed by atoms with van der Waals surface area (Å²) < 4.78 is 7.75. The predicted octanol–water partition coefficient (Wildman–Crippen LogP) is 1.87. The van der Waals surface area contributed by atoms with Crippen molar-refractivity contribution < 1.29 is 9.84 Å². The van der Waals surface area contributed by atoms with Gasteiger partial charge in [-0.3, -0.25) is 4.68 Å². The molecule has 2 heterocycles. The standard InChI is InChI=1S/C16H29N3O2/c1-16(2,3)21-13-11-18-8-5-14(6-9-18)15-4-7-17-19(15)10-12-20/h4,7,14,20H,5-6,8-13H2,1-3H3. The Kier molecular flexibility index (Phi) is 5.79. The summed E-state index contributed by atoms with van der Waals surface area (Å²) in [6.45, 7) is 11.1. The van der Waals surface area contributed by atoms with Crippen LogP contribution in [0.1, 0.15) is 45.2 Å². The van der Waals surface area contributed by atoms with Crippen molar-refractivity contribution in [2.24, 2.45) is 0 Å². The summed E-state index contributed by atoms with van der Waals surface area (Å²) in [6.07, 6.45) is 4.16. The molecule has 5 heteroatoms. The van der Waals surface area contributed by atoms with Crippen molar-refractivity contribution in [3.05, 3.63) is 18.0 Å². The average molecular weight is 295 g/mol. The monoisotopic (exact) mass is 295 g/mol. The first kappa shape index (κ1) is 16.5. The Hall–Kier alpha value is -0.910. The summed E-state index contributed by atoms with van der Waals surface area (Å²) in [6, 6.07) is 2.10. The van der Waals surface area contributed by atoms with E-state index in [1.165, 1.54) is 5.69 Å². The molecule has 0 unspecified atom stereocenters. The Morgan fingerprint density at radius 3 is 2.62 bits per heavy atom. The lowest BCUT2D eigenvalue weighted by Crippen LogP contribution is -2.37. The molecule has 5 nitrogen and oxygen atoms in total. The molecule has 0 spiro atoms. The second-order valence-corrected chi connectivity index (χ2v) is 6.78. The van der Waals surface area contributed by atoms with Crippen LogP contribution in [0, 0.1) is 0 Å². The molecule has 0 bridgehead atoms. The van der Waals surface area contributed by atoms with Crippen LogP contribution in [0.3, 0.4) is 0 Å². The lowest BCUT2D eigenvalue weighted by Gasteiger charge is -2.32. The van der Waals surface area contributed by atoms with Crippen molar-refractivity contribution in [1.82, 2.24) is 14.7 Å². The Morgan fingerprint density at radius 2 is 2.00 bits per heavy atom. The Bertz CT molecular complexity index is 417. The van der Waals surface area contributed by atoms with Crippen molar-refractivity contribution >= 4 is 0 Å². The van der Waals surface area contributed by atoms with Crippen LogP contribution in [0.4, 0.5) is 0 Å². The third-order valence-corrected chi connectivity index (χ3v) is 4.01. The van der Waals surface area contributed by atoms with Crippen LogP contribution in [-0.4, -0.2) is 58.2 Å². The highest BCUT2D eigenvalue weighted by Crippen LogP contribution is 2.27. The van der Waals surface area contributed by atoms with E-state index >= 15 is 0 Å². The second kappa shape index (κ2) is 7.38. The maximum atomic E-state index is 9.08. The minimum absolute atomic E-state index is 0.0465. The number of hydrogen-bond acceptors (Lipinski definition) is 4. The van der Waals surface area contributed by atoms with Crippen LogP contribution in [-0.2, 0) is 11.3 Å². The summed E-state index contributed by atoms with van der Waals surface area (Å²) in [4.78, 5) is 2.48. The molecular formula is C16H29N3O2. The molecule has 0 radical (unpaired) electrons. The van der Waals surface area contributed by atoms with Crippen LogP contribution in [0.25, 0.3) is 0 Å². The average Bonchev–Trinajstić information content (AvgIpc) is 2.87. The second-order valence-electron chi connectivity index (χ2n) is 6.78. The first-order valence-electron chi connectivity index (χ1n) is 7.98. The van der Waals surface area contributed by atoms with Crippen LogP contribution in [0.2, 0.25) is 0 Å². The fourth-order valence-corrected chi connectivity index (χ4v) is 2.90. The van der Waals surface area contributed by atoms with Gasteiger partial charge >= 0.3 is 0 Å². The molecule has 1 N–H and O–H groups in total. The van der Waals surface area contributed by atoms with Crippen molar-refractivity contribution in [2.45, 2.75) is 51.7 Å². The number of nitrogens with zero attached hydrogens (tertiary/aromatic N) is 3. The van der Waals surface area contributed by atoms with Gasteiger partial charge in [-0.05, 0) is 52.8 Å². The van der Waals surface area contributed by atoms with Gasteiger partial charge in [-0.2, -0.15) is 5.10 Å². The maximum absolute atomic E-state index is 9.08. The zero-order valence-corrected chi connectivity index (χ0v) is 13.6. The minimum Gasteiger partial charge on any atom is -0.394 e. The molecule has 1 aliphatic rings. The molecule has 1 fully saturated rings. The van der Waals surface area contributed by atoms with E-state index in [2.05, 4.69) is 36.8 Å². The van der Waals surface area contributed by atoms with Crippen LogP contribution in [0.15, 0.2) is 12.3 Å². The normalized spacial score (nSPS) is 18.3. The number of aromatic nitrogens is 2. The summed E-state index contributed by atoms with van der Waals surface area (Å²) in [5.74, 6) is 0.568. The van der Waals surface area contributed by atoms with Gasteiger partial charge in [-0.25, -0.2) is 0 Å². The van der Waals surface area contributed by atoms with E-state index in [-0.39, 0.29) is 12.2 Å². The molecule has 1 aromatic heterocycles. The third kappa shape index (κ3) is 5.09. The van der Waals surface area contributed by atoms with Gasteiger partial charge < -0.3 is 14.7 Å². The number of ether oxygens (including phenoxy) is 1. The Balaban J connectivity index is 1.76. The zero-order valence-electron chi connectivity index (χ0n) is 13.6. The Morgan fingerprint density at radius 1 is 1.29 bits per heavy atom. The fourth-order valence-electron chi connectivity index (χ4n) is 2.90. The minimum atomic E-state index is -0.0465. The van der Waals surface area contributed by atoms with E-state index in [1.54, 1.807) is 0 Å². The first-order valence-corrected chi connectivity index (χ1v) is 7.98. The van der Waals surface area contributed by atoms with E-state index in [4.69, 9.17) is 9.84 Å². The van der Waals surface area contributed by atoms with Gasteiger partial charge in [0, 0.05) is 24.4 Å². The van der Waals surface area contributed by atoms with E-state index in [0.717, 1.165) is 39.1 Å². The summed E-state index contributed by atoms with van der Waals surface area (Å²) in [5.41, 5.74) is 1.23. The first-order chi connectivity index (χ1) is 9.99. The largest absolute Gasteiger partial charge is 0.394 e. The predicted molar refractivity (Wildman–Crippen MR) is 83.4 cm³/mol. The number of aliphatic hydroxyl groups is 1. The third-order valence-electron chi connectivity index (χ3n) is 4.01. The number of aliphatic hydroxyl groups excluding tert-OH is 1. The fraction of sp³-hybridized carbons (Fsp3) is 0.812. The SMILES string of the molecule is CC(C)(C)OCCN1CCC(c2ccnn2CCO)CC1. The van der Waals surface area contributed by atoms with Gasteiger partial charge in [0.05, 0.1) is 25.4 Å². The Labute approximate surface area is 127 Å². The molecule has 2 rings (SSSR count). The number of hydrogen-bond donors (Lipinski definition) is 1. The molecule has 120 valence electrons. The molecule has 1 aromatic rings. The van der Waals surface area contributed by atoms with Gasteiger partial charge in [0.2, 0.25) is 0 Å². The highest BCUT2D eigenvalue weighted by atomic mass is 16.5. The lowest BCUT2D eigenvalue weighted by atomic mass is 9.93. The quantitative estimate of drug-likeness (QED) is 0.870. The highest BCUT2D eigenvalue weighted by molar-refractivity contribution is 5.09. The van der Waals surface area contributed by atoms with E-state index in [1.807, 2.05) is 10.9 Å². The lowest BCUT2D eigenvalue weighted by molar-refractivity contribution is -0.0153.